The van der Waals surface area contributed by atoms with Crippen LogP contribution in [0.15, 0.2) is 24.3 Å². The van der Waals surface area contributed by atoms with Crippen molar-refractivity contribution in [3.05, 3.63) is 35.4 Å². The zero-order chi connectivity index (χ0) is 24.6. The van der Waals surface area contributed by atoms with Crippen LogP contribution < -0.4 is 5.32 Å². The topological polar surface area (TPSA) is 68.4 Å². The highest BCUT2D eigenvalue weighted by molar-refractivity contribution is 5.79. The number of morpholine rings is 1. The van der Waals surface area contributed by atoms with Crippen molar-refractivity contribution in [3.63, 3.8) is 0 Å². The predicted octanol–water partition coefficient (Wildman–Crippen LogP) is 1.26. The first kappa shape index (κ1) is 26.1. The number of hydrogen-bond acceptors (Lipinski definition) is 6. The lowest BCUT2D eigenvalue weighted by Gasteiger charge is -2.38. The zero-order valence-electron chi connectivity index (χ0n) is 21.6. The van der Waals surface area contributed by atoms with Crippen molar-refractivity contribution in [2.75, 3.05) is 78.7 Å². The molecule has 0 spiro atoms. The van der Waals surface area contributed by atoms with Crippen molar-refractivity contribution in [1.82, 2.24) is 24.9 Å². The molecule has 4 rings (SSSR count). The van der Waals surface area contributed by atoms with E-state index in [1.807, 2.05) is 4.90 Å². The van der Waals surface area contributed by atoms with E-state index in [1.54, 1.807) is 0 Å². The molecule has 3 heterocycles. The number of piperazine rings is 1. The van der Waals surface area contributed by atoms with Gasteiger partial charge < -0.3 is 15.0 Å². The summed E-state index contributed by atoms with van der Waals surface area (Å²) in [5.41, 5.74) is 2.41. The maximum atomic E-state index is 12.8. The Balaban J connectivity index is 1.11. The molecule has 8 nitrogen and oxygen atoms in total. The first-order valence-corrected chi connectivity index (χ1v) is 13.3. The van der Waals surface area contributed by atoms with Crippen LogP contribution in [0.1, 0.15) is 31.4 Å². The van der Waals surface area contributed by atoms with E-state index >= 15 is 0 Å². The number of piperidine rings is 1. The van der Waals surface area contributed by atoms with Crippen LogP contribution in [0.2, 0.25) is 0 Å². The van der Waals surface area contributed by atoms with Crippen LogP contribution in [0, 0.1) is 11.8 Å². The average Bonchev–Trinajstić information content (AvgIpc) is 2.85. The van der Waals surface area contributed by atoms with Crippen molar-refractivity contribution >= 4 is 11.8 Å². The molecule has 3 saturated heterocycles. The summed E-state index contributed by atoms with van der Waals surface area (Å²) in [6.07, 6.45) is 1.21. The summed E-state index contributed by atoms with van der Waals surface area (Å²) in [6, 6.07) is 8.52. The van der Waals surface area contributed by atoms with Gasteiger partial charge in [-0.15, -0.1) is 0 Å². The molecule has 3 aliphatic heterocycles. The molecule has 2 amide bonds. The normalized spacial score (nSPS) is 24.9. The molecule has 0 bridgehead atoms. The lowest BCUT2D eigenvalue weighted by atomic mass is 9.92. The van der Waals surface area contributed by atoms with E-state index in [4.69, 9.17) is 4.74 Å². The molecule has 3 aliphatic rings. The molecule has 1 N–H and O–H groups in total. The fourth-order valence-electron chi connectivity index (χ4n) is 5.50. The summed E-state index contributed by atoms with van der Waals surface area (Å²) in [4.78, 5) is 34.1. The number of carbonyl (C=O) groups excluding carboxylic acids is 2. The number of carbonyl (C=O) groups is 2. The SMILES string of the molecule is C[C@H]1C[C@H](C)CN(C(=O)CN2CCN(CC(=O)NCc3ccc(CN4CCOCC4)cc3)CC2)C1. The van der Waals surface area contributed by atoms with Crippen LogP contribution in [0.3, 0.4) is 0 Å². The number of likely N-dealkylation sites (tertiary alicyclic amines) is 1. The van der Waals surface area contributed by atoms with Crippen LogP contribution in [0.4, 0.5) is 0 Å². The third kappa shape index (κ3) is 8.27. The largest absolute Gasteiger partial charge is 0.379 e. The van der Waals surface area contributed by atoms with Gasteiger partial charge >= 0.3 is 0 Å². The van der Waals surface area contributed by atoms with Gasteiger partial charge in [-0.1, -0.05) is 38.1 Å². The van der Waals surface area contributed by atoms with Crippen LogP contribution in [0.25, 0.3) is 0 Å². The molecule has 0 unspecified atom stereocenters. The Morgan fingerprint density at radius 1 is 0.829 bits per heavy atom. The van der Waals surface area contributed by atoms with Gasteiger partial charge in [0.2, 0.25) is 11.8 Å². The second-order valence-electron chi connectivity index (χ2n) is 10.8. The minimum absolute atomic E-state index is 0.0585. The Kier molecular flexibility index (Phi) is 9.54. The molecular formula is C27H43N5O3. The smallest absolute Gasteiger partial charge is 0.236 e. The Morgan fingerprint density at radius 2 is 1.40 bits per heavy atom. The minimum Gasteiger partial charge on any atom is -0.379 e. The summed E-state index contributed by atoms with van der Waals surface area (Å²) in [5, 5.41) is 3.06. The Labute approximate surface area is 210 Å². The van der Waals surface area contributed by atoms with Crippen molar-refractivity contribution in [2.45, 2.75) is 33.4 Å². The fraction of sp³-hybridized carbons (Fsp3) is 0.704. The zero-order valence-corrected chi connectivity index (χ0v) is 21.6. The number of hydrogen-bond donors (Lipinski definition) is 1. The van der Waals surface area contributed by atoms with Gasteiger partial charge in [0.15, 0.2) is 0 Å². The fourth-order valence-corrected chi connectivity index (χ4v) is 5.50. The van der Waals surface area contributed by atoms with Crippen LogP contribution in [-0.2, 0) is 27.4 Å². The molecule has 0 aromatic heterocycles. The van der Waals surface area contributed by atoms with Gasteiger partial charge in [0.05, 0.1) is 26.3 Å². The molecule has 0 radical (unpaired) electrons. The number of benzene rings is 1. The molecule has 0 saturated carbocycles. The standard InChI is InChI=1S/C27H43N5O3/c1-22-15-23(2)18-32(17-22)27(34)21-30-9-7-29(8-10-30)20-26(33)28-16-24-3-5-25(6-4-24)19-31-11-13-35-14-12-31/h3-6,22-23H,7-21H2,1-2H3,(H,28,33)/t22-,23-/m0/s1. The highest BCUT2D eigenvalue weighted by Gasteiger charge is 2.27. The Hall–Kier alpha value is -2.00. The number of nitrogens with zero attached hydrogens (tertiary/aromatic N) is 4. The summed E-state index contributed by atoms with van der Waals surface area (Å²) in [7, 11) is 0. The lowest BCUT2D eigenvalue weighted by molar-refractivity contribution is -0.135. The van der Waals surface area contributed by atoms with E-state index in [1.165, 1.54) is 12.0 Å². The molecule has 1 aromatic rings. The first-order chi connectivity index (χ1) is 16.9. The lowest BCUT2D eigenvalue weighted by Crippen LogP contribution is -2.53. The van der Waals surface area contributed by atoms with Gasteiger partial charge in [0.25, 0.3) is 0 Å². The van der Waals surface area contributed by atoms with Crippen molar-refractivity contribution in [2.24, 2.45) is 11.8 Å². The van der Waals surface area contributed by atoms with Crippen LogP contribution in [0.5, 0.6) is 0 Å². The summed E-state index contributed by atoms with van der Waals surface area (Å²) >= 11 is 0. The summed E-state index contributed by atoms with van der Waals surface area (Å²) < 4.78 is 5.41. The highest BCUT2D eigenvalue weighted by atomic mass is 16.5. The molecule has 0 aliphatic carbocycles. The van der Waals surface area contributed by atoms with E-state index < -0.39 is 0 Å². The maximum Gasteiger partial charge on any atom is 0.236 e. The predicted molar refractivity (Wildman–Crippen MR) is 137 cm³/mol. The molecule has 35 heavy (non-hydrogen) atoms. The van der Waals surface area contributed by atoms with Gasteiger partial charge in [0, 0.05) is 65.4 Å². The number of rotatable bonds is 8. The second-order valence-corrected chi connectivity index (χ2v) is 10.8. The van der Waals surface area contributed by atoms with Crippen molar-refractivity contribution in [1.29, 1.82) is 0 Å². The van der Waals surface area contributed by atoms with Gasteiger partial charge in [-0.3, -0.25) is 24.3 Å². The number of amides is 2. The van der Waals surface area contributed by atoms with Crippen LogP contribution in [-0.4, -0.2) is 110 Å². The second kappa shape index (κ2) is 12.8. The molecular weight excluding hydrogens is 442 g/mol. The summed E-state index contributed by atoms with van der Waals surface area (Å²) in [5.74, 6) is 1.49. The van der Waals surface area contributed by atoms with Gasteiger partial charge in [-0.25, -0.2) is 0 Å². The monoisotopic (exact) mass is 485 g/mol. The maximum absolute atomic E-state index is 12.8. The van der Waals surface area contributed by atoms with Gasteiger partial charge in [0.1, 0.15) is 0 Å². The van der Waals surface area contributed by atoms with Gasteiger partial charge in [-0.05, 0) is 29.4 Å². The third-order valence-corrected chi connectivity index (χ3v) is 7.44. The highest BCUT2D eigenvalue weighted by Crippen LogP contribution is 2.21. The first-order valence-electron chi connectivity index (χ1n) is 13.3. The van der Waals surface area contributed by atoms with E-state index in [-0.39, 0.29) is 11.8 Å². The average molecular weight is 486 g/mol. The van der Waals surface area contributed by atoms with Gasteiger partial charge in [-0.2, -0.15) is 0 Å². The summed E-state index contributed by atoms with van der Waals surface area (Å²) in [6.45, 7) is 15.6. The molecule has 2 atom stereocenters. The minimum atomic E-state index is 0.0585. The molecule has 1 aromatic carbocycles. The molecule has 194 valence electrons. The quantitative estimate of drug-likeness (QED) is 0.598. The van der Waals surface area contributed by atoms with Crippen molar-refractivity contribution in [3.8, 4) is 0 Å². The van der Waals surface area contributed by atoms with Crippen LogP contribution >= 0.6 is 0 Å². The molecule has 3 fully saturated rings. The van der Waals surface area contributed by atoms with E-state index in [0.29, 0.717) is 31.5 Å². The number of ether oxygens (including phenoxy) is 1. The number of nitrogens with one attached hydrogen (secondary N) is 1. The molecule has 8 heteroatoms. The third-order valence-electron chi connectivity index (χ3n) is 7.44. The Bertz CT molecular complexity index is 809. The van der Waals surface area contributed by atoms with E-state index in [0.717, 1.165) is 77.7 Å². The van der Waals surface area contributed by atoms with E-state index in [9.17, 15) is 9.59 Å². The van der Waals surface area contributed by atoms with Crippen molar-refractivity contribution < 1.29 is 14.3 Å². The van der Waals surface area contributed by atoms with E-state index in [2.05, 4.69) is 58.1 Å². The Morgan fingerprint density at radius 3 is 2.03 bits per heavy atom.